The van der Waals surface area contributed by atoms with Crippen LogP contribution < -0.4 is 0 Å². The average Bonchev–Trinajstić information content (AvgIpc) is 2.45. The first-order valence-corrected chi connectivity index (χ1v) is 10.5. The molecular formula is C18H31FO3Si. The molecule has 0 aliphatic carbocycles. The SMILES string of the molecule is CO[Si](CCCCCc1cccc(F)c1)(OC(C)C)OC(C)C. The summed E-state index contributed by atoms with van der Waals surface area (Å²) in [7, 11) is -0.910. The quantitative estimate of drug-likeness (QED) is 0.419. The minimum absolute atomic E-state index is 0.0904. The first-order valence-electron chi connectivity index (χ1n) is 8.52. The van der Waals surface area contributed by atoms with Crippen molar-refractivity contribution in [2.75, 3.05) is 7.11 Å². The van der Waals surface area contributed by atoms with Crippen LogP contribution in [-0.4, -0.2) is 28.1 Å². The lowest BCUT2D eigenvalue weighted by Crippen LogP contribution is -2.48. The van der Waals surface area contributed by atoms with E-state index in [1.807, 2.05) is 33.8 Å². The van der Waals surface area contributed by atoms with Gasteiger partial charge in [-0.2, -0.15) is 0 Å². The second kappa shape index (κ2) is 10.2. The van der Waals surface area contributed by atoms with Crippen molar-refractivity contribution in [2.24, 2.45) is 0 Å². The number of hydrogen-bond donors (Lipinski definition) is 0. The van der Waals surface area contributed by atoms with Crippen molar-refractivity contribution < 1.29 is 17.7 Å². The van der Waals surface area contributed by atoms with Crippen LogP contribution >= 0.6 is 0 Å². The molecule has 0 atom stereocenters. The Bertz CT molecular complexity index is 442. The van der Waals surface area contributed by atoms with Gasteiger partial charge >= 0.3 is 8.80 Å². The third-order valence-electron chi connectivity index (χ3n) is 3.48. The summed E-state index contributed by atoms with van der Waals surface area (Å²) in [5.41, 5.74) is 1.05. The number of unbranched alkanes of at least 4 members (excludes halogenated alkanes) is 2. The van der Waals surface area contributed by atoms with Crippen molar-refractivity contribution in [3.8, 4) is 0 Å². The summed E-state index contributed by atoms with van der Waals surface area (Å²) < 4.78 is 30.9. The van der Waals surface area contributed by atoms with Crippen LogP contribution in [0.1, 0.15) is 52.5 Å². The van der Waals surface area contributed by atoms with E-state index in [9.17, 15) is 4.39 Å². The van der Waals surface area contributed by atoms with Crippen LogP contribution in [-0.2, 0) is 19.7 Å². The smallest absolute Gasteiger partial charge is 0.377 e. The van der Waals surface area contributed by atoms with Gasteiger partial charge in [-0.3, -0.25) is 0 Å². The zero-order valence-electron chi connectivity index (χ0n) is 15.1. The van der Waals surface area contributed by atoms with Crippen molar-refractivity contribution in [1.29, 1.82) is 0 Å². The van der Waals surface area contributed by atoms with Crippen LogP contribution in [0.3, 0.4) is 0 Å². The van der Waals surface area contributed by atoms with Crippen LogP contribution in [0.2, 0.25) is 6.04 Å². The van der Waals surface area contributed by atoms with Gasteiger partial charge in [-0.1, -0.05) is 18.6 Å². The van der Waals surface area contributed by atoms with E-state index in [0.29, 0.717) is 0 Å². The predicted octanol–water partition coefficient (Wildman–Crippen LogP) is 4.97. The summed E-state index contributed by atoms with van der Waals surface area (Å²) in [5.74, 6) is -0.163. The Morgan fingerprint density at radius 3 is 2.17 bits per heavy atom. The molecule has 3 nitrogen and oxygen atoms in total. The van der Waals surface area contributed by atoms with Crippen LogP contribution in [0.4, 0.5) is 4.39 Å². The molecule has 0 fully saturated rings. The van der Waals surface area contributed by atoms with Gasteiger partial charge in [0.15, 0.2) is 0 Å². The highest BCUT2D eigenvalue weighted by molar-refractivity contribution is 6.60. The molecule has 5 heteroatoms. The monoisotopic (exact) mass is 342 g/mol. The lowest BCUT2D eigenvalue weighted by Gasteiger charge is -2.31. The zero-order valence-corrected chi connectivity index (χ0v) is 16.1. The molecule has 1 aromatic carbocycles. The fraction of sp³-hybridized carbons (Fsp3) is 0.667. The van der Waals surface area contributed by atoms with Gasteiger partial charge < -0.3 is 13.3 Å². The molecule has 0 aromatic heterocycles. The summed E-state index contributed by atoms with van der Waals surface area (Å²) in [6.07, 6.45) is 4.16. The second-order valence-corrected chi connectivity index (χ2v) is 9.16. The predicted molar refractivity (Wildman–Crippen MR) is 94.0 cm³/mol. The van der Waals surface area contributed by atoms with E-state index in [-0.39, 0.29) is 18.0 Å². The lowest BCUT2D eigenvalue weighted by atomic mass is 10.1. The minimum Gasteiger partial charge on any atom is -0.377 e. The molecule has 23 heavy (non-hydrogen) atoms. The van der Waals surface area contributed by atoms with Gasteiger partial charge in [0, 0.05) is 25.4 Å². The molecule has 1 rings (SSSR count). The summed E-state index contributed by atoms with van der Waals surface area (Å²) in [5, 5.41) is 0. The zero-order chi connectivity index (χ0) is 17.3. The Kier molecular flexibility index (Phi) is 8.98. The number of hydrogen-bond acceptors (Lipinski definition) is 3. The second-order valence-electron chi connectivity index (χ2n) is 6.41. The van der Waals surface area contributed by atoms with Gasteiger partial charge in [0.1, 0.15) is 5.82 Å². The Labute approximate surface area is 141 Å². The Hall–Kier alpha value is -0.753. The number of rotatable bonds is 11. The largest absolute Gasteiger partial charge is 0.501 e. The van der Waals surface area contributed by atoms with Crippen LogP contribution in [0, 0.1) is 5.82 Å². The molecule has 0 aliphatic heterocycles. The van der Waals surface area contributed by atoms with Crippen molar-refractivity contribution >= 4 is 8.80 Å². The summed E-state index contributed by atoms with van der Waals surface area (Å²) in [6.45, 7) is 8.03. The molecule has 0 bridgehead atoms. The maximum absolute atomic E-state index is 13.1. The number of halogens is 1. The van der Waals surface area contributed by atoms with E-state index in [1.54, 1.807) is 19.2 Å². The van der Waals surface area contributed by atoms with Crippen molar-refractivity contribution in [3.63, 3.8) is 0 Å². The van der Waals surface area contributed by atoms with E-state index >= 15 is 0 Å². The fourth-order valence-electron chi connectivity index (χ4n) is 2.60. The normalized spacial score (nSPS) is 12.3. The highest BCUT2D eigenvalue weighted by atomic mass is 28.4. The summed E-state index contributed by atoms with van der Waals surface area (Å²) in [4.78, 5) is 0. The molecule has 0 radical (unpaired) electrons. The highest BCUT2D eigenvalue weighted by Crippen LogP contribution is 2.23. The number of benzene rings is 1. The lowest BCUT2D eigenvalue weighted by molar-refractivity contribution is 0.0323. The molecule has 0 aliphatic rings. The Balaban J connectivity index is 2.42. The summed E-state index contributed by atoms with van der Waals surface area (Å²) in [6, 6.07) is 7.65. The van der Waals surface area contributed by atoms with Crippen LogP contribution in [0.15, 0.2) is 24.3 Å². The molecule has 0 spiro atoms. The fourth-order valence-corrected chi connectivity index (χ4v) is 5.41. The Morgan fingerprint density at radius 2 is 1.65 bits per heavy atom. The van der Waals surface area contributed by atoms with Crippen molar-refractivity contribution in [2.45, 2.75) is 71.6 Å². The van der Waals surface area contributed by atoms with Gasteiger partial charge in [-0.25, -0.2) is 4.39 Å². The van der Waals surface area contributed by atoms with E-state index in [0.717, 1.165) is 37.3 Å². The van der Waals surface area contributed by atoms with Gasteiger partial charge in [0.2, 0.25) is 0 Å². The van der Waals surface area contributed by atoms with Crippen molar-refractivity contribution in [1.82, 2.24) is 0 Å². The third kappa shape index (κ3) is 8.06. The first-order chi connectivity index (χ1) is 10.9. The van der Waals surface area contributed by atoms with E-state index in [2.05, 4.69) is 0 Å². The van der Waals surface area contributed by atoms with E-state index in [1.165, 1.54) is 6.07 Å². The molecule has 0 heterocycles. The maximum atomic E-state index is 13.1. The highest BCUT2D eigenvalue weighted by Gasteiger charge is 2.41. The summed E-state index contributed by atoms with van der Waals surface area (Å²) >= 11 is 0. The third-order valence-corrected chi connectivity index (χ3v) is 6.73. The average molecular weight is 343 g/mol. The topological polar surface area (TPSA) is 27.7 Å². The molecule has 0 unspecified atom stereocenters. The van der Waals surface area contributed by atoms with Crippen LogP contribution in [0.5, 0.6) is 0 Å². The minimum atomic E-state index is -2.59. The Morgan fingerprint density at radius 1 is 1.00 bits per heavy atom. The van der Waals surface area contributed by atoms with Gasteiger partial charge in [-0.15, -0.1) is 0 Å². The molecule has 132 valence electrons. The van der Waals surface area contributed by atoms with E-state index < -0.39 is 8.80 Å². The molecule has 0 amide bonds. The van der Waals surface area contributed by atoms with Gasteiger partial charge in [-0.05, 0) is 64.7 Å². The molecule has 0 N–H and O–H groups in total. The molecular weight excluding hydrogens is 311 g/mol. The van der Waals surface area contributed by atoms with Crippen molar-refractivity contribution in [3.05, 3.63) is 35.6 Å². The van der Waals surface area contributed by atoms with Gasteiger partial charge in [0.25, 0.3) is 0 Å². The van der Waals surface area contributed by atoms with Gasteiger partial charge in [0.05, 0.1) is 0 Å². The van der Waals surface area contributed by atoms with E-state index in [4.69, 9.17) is 13.3 Å². The molecule has 0 saturated carbocycles. The molecule has 1 aromatic rings. The molecule has 0 saturated heterocycles. The number of aryl methyl sites for hydroxylation is 1. The first kappa shape index (κ1) is 20.3. The van der Waals surface area contributed by atoms with Crippen LogP contribution in [0.25, 0.3) is 0 Å². The maximum Gasteiger partial charge on any atom is 0.501 e. The standard InChI is InChI=1S/C18H31FO3Si/c1-15(2)21-23(20-5,22-16(3)4)13-8-6-7-10-17-11-9-12-18(19)14-17/h9,11-12,14-16H,6-8,10,13H2,1-5H3.